The first-order chi connectivity index (χ1) is 13.0. The molecule has 3 rings (SSSR count). The molecule has 0 saturated carbocycles. The van der Waals surface area contributed by atoms with Gasteiger partial charge in [-0.3, -0.25) is 4.79 Å². The number of hydrogen-bond acceptors (Lipinski definition) is 4. The van der Waals surface area contributed by atoms with Crippen molar-refractivity contribution >= 4 is 5.91 Å². The second kappa shape index (κ2) is 9.00. The third-order valence-corrected chi connectivity index (χ3v) is 4.90. The summed E-state index contributed by atoms with van der Waals surface area (Å²) in [6.07, 6.45) is 3.75. The average Bonchev–Trinajstić information content (AvgIpc) is 2.88. The van der Waals surface area contributed by atoms with Crippen LogP contribution in [0.4, 0.5) is 0 Å². The number of fused-ring (bicyclic) bond motifs is 1. The Morgan fingerprint density at radius 2 is 1.96 bits per heavy atom. The van der Waals surface area contributed by atoms with Gasteiger partial charge >= 0.3 is 0 Å². The molecule has 0 aliphatic carbocycles. The Hall–Kier alpha value is -2.40. The van der Waals surface area contributed by atoms with Gasteiger partial charge in [0, 0.05) is 38.9 Å². The number of aromatic nitrogens is 1. The van der Waals surface area contributed by atoms with E-state index in [1.807, 2.05) is 0 Å². The van der Waals surface area contributed by atoms with Gasteiger partial charge in [0.2, 0.25) is 5.88 Å². The summed E-state index contributed by atoms with van der Waals surface area (Å²) >= 11 is 0. The van der Waals surface area contributed by atoms with Crippen molar-refractivity contribution in [2.45, 2.75) is 33.3 Å². The fourth-order valence-electron chi connectivity index (χ4n) is 3.52. The van der Waals surface area contributed by atoms with Gasteiger partial charge in [-0.05, 0) is 41.5 Å². The molecule has 1 aromatic carbocycles. The number of nitrogens with one attached hydrogen (secondary N) is 1. The number of ether oxygens (including phenoxy) is 1. The average molecular weight is 367 g/mol. The maximum absolute atomic E-state index is 11.6. The molecule has 1 amide bonds. The zero-order valence-corrected chi connectivity index (χ0v) is 16.5. The van der Waals surface area contributed by atoms with Gasteiger partial charge in [-0.15, -0.1) is 0 Å². The second-order valence-corrected chi connectivity index (χ2v) is 7.55. The summed E-state index contributed by atoms with van der Waals surface area (Å²) < 4.78 is 5.80. The van der Waals surface area contributed by atoms with E-state index in [1.165, 1.54) is 23.9 Å². The highest BCUT2D eigenvalue weighted by atomic mass is 16.5. The molecule has 0 saturated heterocycles. The Morgan fingerprint density at radius 1 is 1.19 bits per heavy atom. The Labute approximate surface area is 161 Å². The van der Waals surface area contributed by atoms with Crippen molar-refractivity contribution < 1.29 is 9.53 Å². The van der Waals surface area contributed by atoms with Crippen molar-refractivity contribution in [3.05, 3.63) is 58.8 Å². The van der Waals surface area contributed by atoms with Crippen LogP contribution < -0.4 is 10.1 Å². The third kappa shape index (κ3) is 5.30. The summed E-state index contributed by atoms with van der Waals surface area (Å²) in [7, 11) is 1.60. The topological polar surface area (TPSA) is 54.5 Å². The van der Waals surface area contributed by atoms with Crippen LogP contribution in [0.1, 0.15) is 40.9 Å². The number of benzene rings is 1. The van der Waals surface area contributed by atoms with Gasteiger partial charge in [0.05, 0.1) is 5.56 Å². The lowest BCUT2D eigenvalue weighted by Gasteiger charge is -2.21. The predicted molar refractivity (Wildman–Crippen MR) is 107 cm³/mol. The number of rotatable bonds is 6. The molecule has 0 radical (unpaired) electrons. The molecule has 0 fully saturated rings. The molecule has 5 heteroatoms. The molecular formula is C22H29N3O2. The highest BCUT2D eigenvalue weighted by molar-refractivity contribution is 5.93. The van der Waals surface area contributed by atoms with Crippen LogP contribution in [-0.4, -0.2) is 42.5 Å². The lowest BCUT2D eigenvalue weighted by Crippen LogP contribution is -2.30. The summed E-state index contributed by atoms with van der Waals surface area (Å²) in [6, 6.07) is 10.1. The van der Waals surface area contributed by atoms with E-state index in [2.05, 4.69) is 47.2 Å². The van der Waals surface area contributed by atoms with Crippen molar-refractivity contribution in [2.75, 3.05) is 26.7 Å². The minimum Gasteiger partial charge on any atom is -0.473 e. The minimum absolute atomic E-state index is 0.147. The highest BCUT2D eigenvalue weighted by Gasteiger charge is 2.15. The maximum Gasteiger partial charge on any atom is 0.252 e. The van der Waals surface area contributed by atoms with E-state index < -0.39 is 0 Å². The molecule has 144 valence electrons. The summed E-state index contributed by atoms with van der Waals surface area (Å²) in [6.45, 7) is 8.48. The molecule has 1 N–H and O–H groups in total. The van der Waals surface area contributed by atoms with Gasteiger partial charge in [0.1, 0.15) is 6.61 Å². The number of carbonyl (C=O) groups is 1. The van der Waals surface area contributed by atoms with E-state index in [-0.39, 0.29) is 5.91 Å². The number of carbonyl (C=O) groups excluding carboxylic acids is 1. The van der Waals surface area contributed by atoms with Crippen LogP contribution in [0, 0.1) is 5.92 Å². The first-order valence-corrected chi connectivity index (χ1v) is 9.69. The van der Waals surface area contributed by atoms with E-state index in [4.69, 9.17) is 4.74 Å². The zero-order valence-electron chi connectivity index (χ0n) is 16.5. The summed E-state index contributed by atoms with van der Waals surface area (Å²) in [5.74, 6) is 1.09. The Kier molecular flexibility index (Phi) is 6.45. The van der Waals surface area contributed by atoms with Crippen molar-refractivity contribution in [1.29, 1.82) is 0 Å². The molecule has 27 heavy (non-hydrogen) atoms. The number of amides is 1. The van der Waals surface area contributed by atoms with Gasteiger partial charge < -0.3 is 15.0 Å². The molecule has 2 aromatic rings. The van der Waals surface area contributed by atoms with Crippen LogP contribution in [0.25, 0.3) is 0 Å². The van der Waals surface area contributed by atoms with Gasteiger partial charge in [-0.25, -0.2) is 4.98 Å². The largest absolute Gasteiger partial charge is 0.473 e. The van der Waals surface area contributed by atoms with Gasteiger partial charge in [-0.1, -0.05) is 32.0 Å². The first kappa shape index (κ1) is 19.4. The van der Waals surface area contributed by atoms with Crippen molar-refractivity contribution in [1.82, 2.24) is 15.2 Å². The lowest BCUT2D eigenvalue weighted by molar-refractivity contribution is 0.0962. The third-order valence-electron chi connectivity index (χ3n) is 4.90. The molecule has 0 unspecified atom stereocenters. The van der Waals surface area contributed by atoms with Gasteiger partial charge in [0.25, 0.3) is 5.91 Å². The molecule has 0 atom stereocenters. The SMILES string of the molecule is CNC(=O)c1ccc(OCc2ccc3c(c2)CCN(CC(C)C)CC3)nc1. The van der Waals surface area contributed by atoms with E-state index >= 15 is 0 Å². The summed E-state index contributed by atoms with van der Waals surface area (Å²) in [5.41, 5.74) is 4.58. The molecule has 0 bridgehead atoms. The molecule has 5 nitrogen and oxygen atoms in total. The van der Waals surface area contributed by atoms with E-state index in [0.29, 0.717) is 24.0 Å². The lowest BCUT2D eigenvalue weighted by atomic mass is 10.0. The van der Waals surface area contributed by atoms with Crippen molar-refractivity contribution in [3.63, 3.8) is 0 Å². The van der Waals surface area contributed by atoms with Crippen LogP contribution in [0.15, 0.2) is 36.5 Å². The van der Waals surface area contributed by atoms with E-state index in [9.17, 15) is 4.79 Å². The molecule has 1 aromatic heterocycles. The number of pyridine rings is 1. The Balaban J connectivity index is 1.60. The summed E-state index contributed by atoms with van der Waals surface area (Å²) in [5, 5.41) is 2.58. The standard InChI is InChI=1S/C22H29N3O2/c1-16(2)14-25-10-8-18-5-4-17(12-19(18)9-11-25)15-27-21-7-6-20(13-24-21)22(26)23-3/h4-7,12-13,16H,8-11,14-15H2,1-3H3,(H,23,26). The van der Waals surface area contributed by atoms with Crippen LogP contribution >= 0.6 is 0 Å². The molecular weight excluding hydrogens is 338 g/mol. The van der Waals surface area contributed by atoms with Gasteiger partial charge in [0.15, 0.2) is 0 Å². The van der Waals surface area contributed by atoms with Crippen molar-refractivity contribution in [2.24, 2.45) is 5.92 Å². The Morgan fingerprint density at radius 3 is 2.63 bits per heavy atom. The van der Waals surface area contributed by atoms with Crippen LogP contribution in [-0.2, 0) is 19.4 Å². The Bertz CT molecular complexity index is 772. The second-order valence-electron chi connectivity index (χ2n) is 7.55. The zero-order chi connectivity index (χ0) is 19.2. The fourth-order valence-corrected chi connectivity index (χ4v) is 3.52. The molecule has 1 aliphatic heterocycles. The quantitative estimate of drug-likeness (QED) is 0.852. The van der Waals surface area contributed by atoms with Crippen molar-refractivity contribution in [3.8, 4) is 5.88 Å². The number of hydrogen-bond donors (Lipinski definition) is 1. The van der Waals surface area contributed by atoms with Gasteiger partial charge in [-0.2, -0.15) is 0 Å². The minimum atomic E-state index is -0.147. The molecule has 1 aliphatic rings. The fraction of sp³-hybridized carbons (Fsp3) is 0.455. The predicted octanol–water partition coefficient (Wildman–Crippen LogP) is 3.08. The maximum atomic E-state index is 11.6. The monoisotopic (exact) mass is 367 g/mol. The smallest absolute Gasteiger partial charge is 0.252 e. The highest BCUT2D eigenvalue weighted by Crippen LogP contribution is 2.20. The van der Waals surface area contributed by atoms with Crippen LogP contribution in [0.2, 0.25) is 0 Å². The molecule has 2 heterocycles. The summed E-state index contributed by atoms with van der Waals surface area (Å²) in [4.78, 5) is 18.3. The first-order valence-electron chi connectivity index (χ1n) is 9.69. The van der Waals surface area contributed by atoms with E-state index in [0.717, 1.165) is 31.5 Å². The molecule has 0 spiro atoms. The normalized spacial score (nSPS) is 14.5. The van der Waals surface area contributed by atoms with Crippen LogP contribution in [0.3, 0.4) is 0 Å². The number of nitrogens with zero attached hydrogens (tertiary/aromatic N) is 2. The van der Waals surface area contributed by atoms with Crippen LogP contribution in [0.5, 0.6) is 5.88 Å². The van der Waals surface area contributed by atoms with E-state index in [1.54, 1.807) is 19.2 Å².